The van der Waals surface area contributed by atoms with E-state index in [0.29, 0.717) is 17.1 Å². The Morgan fingerprint density at radius 2 is 1.69 bits per heavy atom. The maximum Gasteiger partial charge on any atom is 0.262 e. The summed E-state index contributed by atoms with van der Waals surface area (Å²) in [6.07, 6.45) is 0. The van der Waals surface area contributed by atoms with Crippen LogP contribution in [0.4, 0.5) is 11.4 Å². The Balaban J connectivity index is 2.16. The average Bonchev–Trinajstić information content (AvgIpc) is 2.57. The highest BCUT2D eigenvalue weighted by Crippen LogP contribution is 2.37. The van der Waals surface area contributed by atoms with Crippen molar-refractivity contribution in [2.75, 3.05) is 17.6 Å². The number of hydrogen-bond donors (Lipinski definition) is 2. The summed E-state index contributed by atoms with van der Waals surface area (Å²) in [6, 6.07) is 9.73. The van der Waals surface area contributed by atoms with Crippen LogP contribution in [0.1, 0.15) is 16.8 Å². The summed E-state index contributed by atoms with van der Waals surface area (Å²) >= 11 is 0. The third-order valence-electron chi connectivity index (χ3n) is 4.33. The van der Waals surface area contributed by atoms with Gasteiger partial charge < -0.3 is 10.5 Å². The van der Waals surface area contributed by atoms with E-state index in [4.69, 9.17) is 10.5 Å². The second kappa shape index (κ2) is 6.49. The Hall–Kier alpha value is -2.80. The van der Waals surface area contributed by atoms with Crippen molar-refractivity contribution in [3.63, 3.8) is 0 Å². The molecule has 26 heavy (non-hydrogen) atoms. The minimum atomic E-state index is -3.77. The van der Waals surface area contributed by atoms with Crippen molar-refractivity contribution in [3.05, 3.63) is 53.2 Å². The second-order valence-electron chi connectivity index (χ2n) is 6.24. The second-order valence-corrected chi connectivity index (χ2v) is 7.92. The molecule has 0 saturated carbocycles. The van der Waals surface area contributed by atoms with E-state index in [2.05, 4.69) is 9.71 Å². The number of nitrogens with zero attached hydrogens (tertiary/aromatic N) is 1. The Morgan fingerprint density at radius 1 is 1.04 bits per heavy atom. The molecule has 3 aromatic rings. The van der Waals surface area contributed by atoms with Gasteiger partial charge in [0.25, 0.3) is 10.0 Å². The first-order valence-electron chi connectivity index (χ1n) is 8.07. The quantitative estimate of drug-likeness (QED) is 0.684. The molecule has 3 N–H and O–H groups in total. The van der Waals surface area contributed by atoms with Crippen LogP contribution in [0.3, 0.4) is 0 Å². The molecule has 0 aliphatic rings. The number of fused-ring (bicyclic) bond motifs is 1. The van der Waals surface area contributed by atoms with Crippen LogP contribution in [-0.4, -0.2) is 20.5 Å². The molecule has 0 aliphatic heterocycles. The Labute approximate surface area is 153 Å². The van der Waals surface area contributed by atoms with Gasteiger partial charge in [0.15, 0.2) is 5.75 Å². The summed E-state index contributed by atoms with van der Waals surface area (Å²) in [5.41, 5.74) is 10.1. The molecule has 1 aromatic heterocycles. The molecule has 7 heteroatoms. The van der Waals surface area contributed by atoms with Crippen molar-refractivity contribution in [1.29, 1.82) is 0 Å². The molecule has 0 aliphatic carbocycles. The van der Waals surface area contributed by atoms with Crippen molar-refractivity contribution in [2.45, 2.75) is 25.7 Å². The predicted molar refractivity (Wildman–Crippen MR) is 104 cm³/mol. The first-order chi connectivity index (χ1) is 12.2. The minimum absolute atomic E-state index is 0.129. The molecule has 0 unspecified atom stereocenters. The number of benzene rings is 2. The fraction of sp³-hybridized carbons (Fsp3) is 0.211. The Kier molecular flexibility index (Phi) is 4.50. The molecule has 0 radical (unpaired) electrons. The number of ether oxygens (including phenoxy) is 1. The number of pyridine rings is 1. The van der Waals surface area contributed by atoms with Crippen LogP contribution < -0.4 is 15.2 Å². The molecule has 0 saturated heterocycles. The molecule has 2 aromatic carbocycles. The van der Waals surface area contributed by atoms with Crippen molar-refractivity contribution < 1.29 is 13.2 Å². The normalized spacial score (nSPS) is 11.5. The predicted octanol–water partition coefficient (Wildman–Crippen LogP) is 3.55. The smallest absolute Gasteiger partial charge is 0.262 e. The fourth-order valence-electron chi connectivity index (χ4n) is 2.82. The number of hydrogen-bond acceptors (Lipinski definition) is 5. The Morgan fingerprint density at radius 3 is 2.31 bits per heavy atom. The summed E-state index contributed by atoms with van der Waals surface area (Å²) < 4.78 is 33.6. The lowest BCUT2D eigenvalue weighted by Crippen LogP contribution is -2.14. The lowest BCUT2D eigenvalue weighted by atomic mass is 10.1. The maximum absolute atomic E-state index is 12.7. The van der Waals surface area contributed by atoms with Gasteiger partial charge in [-0.2, -0.15) is 0 Å². The highest BCUT2D eigenvalue weighted by Gasteiger charge is 2.20. The summed E-state index contributed by atoms with van der Waals surface area (Å²) in [7, 11) is -2.26. The van der Waals surface area contributed by atoms with Gasteiger partial charge in [-0.1, -0.05) is 0 Å². The maximum atomic E-state index is 12.7. The fourth-order valence-corrected chi connectivity index (χ4v) is 3.87. The number of nitrogens with one attached hydrogen (secondary N) is 1. The van der Waals surface area contributed by atoms with E-state index in [-0.39, 0.29) is 4.90 Å². The molecular weight excluding hydrogens is 350 g/mol. The minimum Gasteiger partial charge on any atom is -0.494 e. The summed E-state index contributed by atoms with van der Waals surface area (Å²) in [6.45, 7) is 5.80. The highest BCUT2D eigenvalue weighted by molar-refractivity contribution is 7.92. The van der Waals surface area contributed by atoms with Crippen LogP contribution in [0.15, 0.2) is 41.3 Å². The summed E-state index contributed by atoms with van der Waals surface area (Å²) in [4.78, 5) is 4.75. The van der Waals surface area contributed by atoms with Crippen LogP contribution >= 0.6 is 0 Å². The largest absolute Gasteiger partial charge is 0.494 e. The zero-order valence-electron chi connectivity index (χ0n) is 15.1. The number of aromatic nitrogens is 1. The van der Waals surface area contributed by atoms with E-state index in [1.807, 2.05) is 26.8 Å². The number of nitrogens with two attached hydrogens (primary N) is 1. The van der Waals surface area contributed by atoms with Gasteiger partial charge in [-0.25, -0.2) is 8.42 Å². The van der Waals surface area contributed by atoms with Crippen molar-refractivity contribution in [2.24, 2.45) is 0 Å². The van der Waals surface area contributed by atoms with Crippen LogP contribution in [0, 0.1) is 20.8 Å². The molecule has 0 amide bonds. The van der Waals surface area contributed by atoms with Crippen molar-refractivity contribution in [1.82, 2.24) is 4.98 Å². The molecule has 0 fully saturated rings. The van der Waals surface area contributed by atoms with E-state index in [1.54, 1.807) is 18.2 Å². The average molecular weight is 371 g/mol. The molecule has 0 bridgehead atoms. The number of methoxy groups -OCH3 is 1. The van der Waals surface area contributed by atoms with Crippen LogP contribution in [0.2, 0.25) is 0 Å². The topological polar surface area (TPSA) is 94.3 Å². The standard InChI is InChI=1S/C19H21N3O3S/c1-11-9-16-18(21-13(11)3)12(2)10-17(19(16)25-4)22-26(23,24)15-7-5-14(20)6-8-15/h5-10,22H,20H2,1-4H3. The van der Waals surface area contributed by atoms with Crippen LogP contribution in [0.5, 0.6) is 5.75 Å². The molecule has 3 rings (SSSR count). The molecule has 136 valence electrons. The lowest BCUT2D eigenvalue weighted by Gasteiger charge is -2.16. The summed E-state index contributed by atoms with van der Waals surface area (Å²) in [5, 5.41) is 0.769. The van der Waals surface area contributed by atoms with Crippen LogP contribution in [0.25, 0.3) is 10.9 Å². The third kappa shape index (κ3) is 3.17. The van der Waals surface area contributed by atoms with Gasteiger partial charge in [-0.05, 0) is 68.3 Å². The number of aryl methyl sites for hydroxylation is 3. The van der Waals surface area contributed by atoms with Gasteiger partial charge in [0.2, 0.25) is 0 Å². The van der Waals surface area contributed by atoms with Crippen molar-refractivity contribution >= 4 is 32.3 Å². The van der Waals surface area contributed by atoms with Gasteiger partial charge in [-0.15, -0.1) is 0 Å². The molecule has 6 nitrogen and oxygen atoms in total. The number of nitrogen functional groups attached to an aromatic ring is 1. The third-order valence-corrected chi connectivity index (χ3v) is 5.71. The highest BCUT2D eigenvalue weighted by atomic mass is 32.2. The van der Waals surface area contributed by atoms with Gasteiger partial charge in [0.1, 0.15) is 0 Å². The molecule has 0 atom stereocenters. The van der Waals surface area contributed by atoms with Crippen LogP contribution in [-0.2, 0) is 10.0 Å². The molecular formula is C19H21N3O3S. The van der Waals surface area contributed by atoms with Gasteiger partial charge in [-0.3, -0.25) is 9.71 Å². The van der Waals surface area contributed by atoms with E-state index in [1.165, 1.54) is 19.2 Å². The van der Waals surface area contributed by atoms with Gasteiger partial charge >= 0.3 is 0 Å². The Bertz CT molecular complexity index is 1090. The zero-order valence-corrected chi connectivity index (χ0v) is 15.9. The van der Waals surface area contributed by atoms with Crippen molar-refractivity contribution in [3.8, 4) is 5.75 Å². The van der Waals surface area contributed by atoms with E-state index in [9.17, 15) is 8.42 Å². The number of anilines is 2. The number of sulfonamides is 1. The SMILES string of the molecule is COc1c(NS(=O)(=O)c2ccc(N)cc2)cc(C)c2nc(C)c(C)cc12. The van der Waals surface area contributed by atoms with E-state index in [0.717, 1.165) is 27.7 Å². The zero-order chi connectivity index (χ0) is 19.1. The van der Waals surface area contributed by atoms with E-state index >= 15 is 0 Å². The van der Waals surface area contributed by atoms with Gasteiger partial charge in [0.05, 0.1) is 23.2 Å². The molecule has 1 heterocycles. The molecule has 0 spiro atoms. The van der Waals surface area contributed by atoms with E-state index < -0.39 is 10.0 Å². The monoisotopic (exact) mass is 371 g/mol. The first-order valence-corrected chi connectivity index (χ1v) is 9.55. The van der Waals surface area contributed by atoms with Gasteiger partial charge in [0, 0.05) is 16.8 Å². The summed E-state index contributed by atoms with van der Waals surface area (Å²) in [5.74, 6) is 0.445. The first kappa shape index (κ1) is 18.0. The lowest BCUT2D eigenvalue weighted by molar-refractivity contribution is 0.421. The number of rotatable bonds is 4.